The number of ether oxygens (including phenoxy) is 1. The Morgan fingerprint density at radius 3 is 2.14 bits per heavy atom. The Balaban J connectivity index is 1.62. The highest BCUT2D eigenvalue weighted by molar-refractivity contribution is 6.01. The normalized spacial score (nSPS) is 12.2. The van der Waals surface area contributed by atoms with Crippen LogP contribution in [0.2, 0.25) is 0 Å². The van der Waals surface area contributed by atoms with Gasteiger partial charge in [0.1, 0.15) is 18.4 Å². The summed E-state index contributed by atoms with van der Waals surface area (Å²) in [6.07, 6.45) is -5.08. The molecule has 0 aromatic heterocycles. The monoisotopic (exact) mass is 612 g/mol. The van der Waals surface area contributed by atoms with Crippen molar-refractivity contribution in [2.24, 2.45) is 5.41 Å². The van der Waals surface area contributed by atoms with Crippen LogP contribution >= 0.6 is 0 Å². The zero-order valence-electron chi connectivity index (χ0n) is 25.3. The van der Waals surface area contributed by atoms with E-state index in [0.29, 0.717) is 47.7 Å². The van der Waals surface area contributed by atoms with Crippen molar-refractivity contribution in [2.75, 3.05) is 25.5 Å². The summed E-state index contributed by atoms with van der Waals surface area (Å²) in [5.41, 5.74) is 1.54. The molecule has 8 nitrogen and oxygen atoms in total. The first-order valence-corrected chi connectivity index (χ1v) is 14.2. The number of carbonyl (C=O) groups is 3. The van der Waals surface area contributed by atoms with E-state index in [9.17, 15) is 27.6 Å². The van der Waals surface area contributed by atoms with Crippen molar-refractivity contribution >= 4 is 23.4 Å². The van der Waals surface area contributed by atoms with Gasteiger partial charge in [-0.3, -0.25) is 14.4 Å². The van der Waals surface area contributed by atoms with Crippen LogP contribution in [0.1, 0.15) is 59.0 Å². The van der Waals surface area contributed by atoms with Crippen molar-refractivity contribution in [1.29, 1.82) is 0 Å². The molecule has 11 heteroatoms. The number of carbonyl (C=O) groups excluding carboxylic acids is 3. The van der Waals surface area contributed by atoms with Crippen LogP contribution in [0.15, 0.2) is 72.8 Å². The van der Waals surface area contributed by atoms with Crippen molar-refractivity contribution in [3.8, 4) is 5.75 Å². The maximum atomic E-state index is 13.2. The van der Waals surface area contributed by atoms with Gasteiger partial charge in [-0.25, -0.2) is 0 Å². The lowest BCUT2D eigenvalue weighted by Crippen LogP contribution is -2.45. The number of nitrogens with one attached hydrogen (secondary N) is 4. The third-order valence-electron chi connectivity index (χ3n) is 6.44. The third-order valence-corrected chi connectivity index (χ3v) is 6.44. The average molecular weight is 613 g/mol. The number of rotatable bonds is 13. The second kappa shape index (κ2) is 15.4. The molecule has 0 aliphatic rings. The fraction of sp³-hybridized carbons (Fsp3) is 0.364. The summed E-state index contributed by atoms with van der Waals surface area (Å²) in [6.45, 7) is 7.18. The number of hydrogen-bond donors (Lipinski definition) is 4. The molecule has 3 rings (SSSR count). The fourth-order valence-corrected chi connectivity index (χ4v) is 4.31. The van der Waals surface area contributed by atoms with Crippen LogP contribution in [-0.4, -0.2) is 50.1 Å². The molecule has 0 heterocycles. The molecule has 236 valence electrons. The number of hydrogen-bond acceptors (Lipinski definition) is 5. The molecule has 3 aromatic rings. The molecular weight excluding hydrogens is 573 g/mol. The summed E-state index contributed by atoms with van der Waals surface area (Å²) in [7, 11) is 1.83. The Morgan fingerprint density at radius 1 is 0.841 bits per heavy atom. The van der Waals surface area contributed by atoms with Gasteiger partial charge in [-0.1, -0.05) is 45.0 Å². The van der Waals surface area contributed by atoms with Gasteiger partial charge in [-0.2, -0.15) is 13.2 Å². The highest BCUT2D eigenvalue weighted by atomic mass is 19.4. The van der Waals surface area contributed by atoms with Crippen LogP contribution in [0.3, 0.4) is 0 Å². The summed E-state index contributed by atoms with van der Waals surface area (Å²) in [5.74, 6) is -0.585. The maximum Gasteiger partial charge on any atom is 0.393 e. The summed E-state index contributed by atoms with van der Waals surface area (Å²) in [6, 6.07) is 18.0. The standard InChI is InChI=1S/C33H39F3N4O4/c1-32(2,3)20-28(31(43)39-26-12-8-22(9-13-26)19-33(34,35)36)40-30(42)25-7-5-6-23(18-25)21-38-29(41)24-10-14-27(15-11-24)44-17-16-37-4/h5-15,18,28,37H,16-17,19-21H2,1-4H3,(H,38,41)(H,39,43)(H,40,42)/t28-/m0/s1. The molecule has 44 heavy (non-hydrogen) atoms. The van der Waals surface area contributed by atoms with Crippen molar-refractivity contribution in [3.05, 3.63) is 95.1 Å². The van der Waals surface area contributed by atoms with Gasteiger partial charge in [0.05, 0.1) is 6.42 Å². The van der Waals surface area contributed by atoms with Crippen LogP contribution in [-0.2, 0) is 17.8 Å². The second-order valence-electron chi connectivity index (χ2n) is 11.6. The van der Waals surface area contributed by atoms with Gasteiger partial charge in [0, 0.05) is 29.9 Å². The molecule has 1 atom stereocenters. The van der Waals surface area contributed by atoms with Crippen LogP contribution in [0.4, 0.5) is 18.9 Å². The Bertz CT molecular complexity index is 1400. The van der Waals surface area contributed by atoms with E-state index in [1.54, 1.807) is 48.5 Å². The van der Waals surface area contributed by atoms with E-state index in [-0.39, 0.29) is 23.4 Å². The SMILES string of the molecule is CNCCOc1ccc(C(=O)NCc2cccc(C(=O)N[C@@H](CC(C)(C)C)C(=O)Nc3ccc(CC(F)(F)F)cc3)c2)cc1. The minimum Gasteiger partial charge on any atom is -0.492 e. The summed E-state index contributed by atoms with van der Waals surface area (Å²) >= 11 is 0. The lowest BCUT2D eigenvalue weighted by molar-refractivity contribution is -0.127. The molecule has 0 fully saturated rings. The van der Waals surface area contributed by atoms with Crippen LogP contribution in [0.5, 0.6) is 5.75 Å². The van der Waals surface area contributed by atoms with Crippen LogP contribution < -0.4 is 26.0 Å². The van der Waals surface area contributed by atoms with Gasteiger partial charge >= 0.3 is 6.18 Å². The topological polar surface area (TPSA) is 109 Å². The average Bonchev–Trinajstić information content (AvgIpc) is 2.95. The first kappa shape index (κ1) is 34.1. The maximum absolute atomic E-state index is 13.2. The molecular formula is C33H39F3N4O4. The van der Waals surface area contributed by atoms with Gasteiger partial charge in [-0.15, -0.1) is 0 Å². The lowest BCUT2D eigenvalue weighted by atomic mass is 9.87. The molecule has 3 aromatic carbocycles. The number of halogens is 3. The highest BCUT2D eigenvalue weighted by Gasteiger charge is 2.29. The van der Waals surface area contributed by atoms with Gasteiger partial charge in [-0.05, 0) is 78.5 Å². The molecule has 0 saturated carbocycles. The number of benzene rings is 3. The van der Waals surface area contributed by atoms with E-state index in [4.69, 9.17) is 4.74 Å². The Morgan fingerprint density at radius 2 is 1.52 bits per heavy atom. The molecule has 3 amide bonds. The van der Waals surface area contributed by atoms with E-state index in [1.165, 1.54) is 24.3 Å². The molecule has 4 N–H and O–H groups in total. The number of anilines is 1. The van der Waals surface area contributed by atoms with Crippen molar-refractivity contribution in [3.63, 3.8) is 0 Å². The van der Waals surface area contributed by atoms with Gasteiger partial charge in [0.15, 0.2) is 0 Å². The predicted octanol–water partition coefficient (Wildman–Crippen LogP) is 5.49. The first-order valence-electron chi connectivity index (χ1n) is 14.2. The highest BCUT2D eigenvalue weighted by Crippen LogP contribution is 2.24. The van der Waals surface area contributed by atoms with Crippen molar-refractivity contribution < 1.29 is 32.3 Å². The number of amides is 3. The number of likely N-dealkylation sites (N-methyl/N-ethyl adjacent to an activating group) is 1. The Kier molecular flexibility index (Phi) is 11.9. The molecule has 0 radical (unpaired) electrons. The third kappa shape index (κ3) is 11.7. The quantitative estimate of drug-likeness (QED) is 0.191. The largest absolute Gasteiger partial charge is 0.492 e. The van der Waals surface area contributed by atoms with E-state index in [2.05, 4.69) is 21.3 Å². The zero-order chi connectivity index (χ0) is 32.3. The van der Waals surface area contributed by atoms with E-state index in [0.717, 1.165) is 0 Å². The van der Waals surface area contributed by atoms with E-state index in [1.807, 2.05) is 27.8 Å². The minimum absolute atomic E-state index is 0.0781. The van der Waals surface area contributed by atoms with Gasteiger partial charge in [0.2, 0.25) is 5.91 Å². The smallest absolute Gasteiger partial charge is 0.393 e. The molecule has 0 aliphatic carbocycles. The molecule has 0 unspecified atom stereocenters. The first-order chi connectivity index (χ1) is 20.7. The second-order valence-corrected chi connectivity index (χ2v) is 11.6. The molecule has 0 bridgehead atoms. The summed E-state index contributed by atoms with van der Waals surface area (Å²) < 4.78 is 43.6. The van der Waals surface area contributed by atoms with Crippen molar-refractivity contribution in [1.82, 2.24) is 16.0 Å². The summed E-state index contributed by atoms with van der Waals surface area (Å²) in [4.78, 5) is 39.0. The molecule has 0 spiro atoms. The molecule has 0 saturated heterocycles. The summed E-state index contributed by atoms with van der Waals surface area (Å²) in [5, 5.41) is 11.3. The Labute approximate surface area is 255 Å². The minimum atomic E-state index is -4.33. The van der Waals surface area contributed by atoms with Crippen LogP contribution in [0.25, 0.3) is 0 Å². The molecule has 0 aliphatic heterocycles. The van der Waals surface area contributed by atoms with Crippen molar-refractivity contribution in [2.45, 2.75) is 52.4 Å². The zero-order valence-corrected chi connectivity index (χ0v) is 25.3. The Hall–Kier alpha value is -4.38. The number of alkyl halides is 3. The van der Waals surface area contributed by atoms with Crippen LogP contribution in [0, 0.1) is 5.41 Å². The van der Waals surface area contributed by atoms with Gasteiger partial charge in [0.25, 0.3) is 11.8 Å². The fourth-order valence-electron chi connectivity index (χ4n) is 4.31. The van der Waals surface area contributed by atoms with E-state index < -0.39 is 30.5 Å². The predicted molar refractivity (Wildman–Crippen MR) is 164 cm³/mol. The van der Waals surface area contributed by atoms with Gasteiger partial charge < -0.3 is 26.0 Å². The van der Waals surface area contributed by atoms with E-state index >= 15 is 0 Å². The lowest BCUT2D eigenvalue weighted by Gasteiger charge is -2.26.